The highest BCUT2D eigenvalue weighted by molar-refractivity contribution is 7.87. The summed E-state index contributed by atoms with van der Waals surface area (Å²) in [6, 6.07) is 7.08. The number of nitrogens with one attached hydrogen (secondary N) is 2. The summed E-state index contributed by atoms with van der Waals surface area (Å²) in [5, 5.41) is 9.17. The van der Waals surface area contributed by atoms with Crippen molar-refractivity contribution in [1.82, 2.24) is 9.44 Å². The maximum Gasteiger partial charge on any atom is 0.277 e. The Balaban J connectivity index is 1.68. The predicted octanol–water partition coefficient (Wildman–Crippen LogP) is 1.69. The molecule has 1 aliphatic rings. The minimum absolute atomic E-state index is 0.101. The van der Waals surface area contributed by atoms with Gasteiger partial charge in [0.2, 0.25) is 0 Å². The van der Waals surface area contributed by atoms with E-state index in [1.165, 1.54) is 0 Å². The summed E-state index contributed by atoms with van der Waals surface area (Å²) >= 11 is 0. The third kappa shape index (κ3) is 5.11. The van der Waals surface area contributed by atoms with E-state index in [-0.39, 0.29) is 11.8 Å². The summed E-state index contributed by atoms with van der Waals surface area (Å²) in [6.45, 7) is 0.420. The maximum absolute atomic E-state index is 11.8. The third-order valence-corrected chi connectivity index (χ3v) is 4.78. The minimum Gasteiger partial charge on any atom is -0.508 e. The van der Waals surface area contributed by atoms with Gasteiger partial charge in [-0.3, -0.25) is 0 Å². The predicted molar refractivity (Wildman–Crippen MR) is 78.7 cm³/mol. The van der Waals surface area contributed by atoms with Gasteiger partial charge in [0.05, 0.1) is 0 Å². The first-order valence-corrected chi connectivity index (χ1v) is 8.58. The second kappa shape index (κ2) is 7.06. The lowest BCUT2D eigenvalue weighted by Crippen LogP contribution is -2.42. The number of hydrogen-bond donors (Lipinski definition) is 3. The van der Waals surface area contributed by atoms with Crippen molar-refractivity contribution < 1.29 is 13.5 Å². The van der Waals surface area contributed by atoms with E-state index in [1.54, 1.807) is 12.1 Å². The van der Waals surface area contributed by atoms with Crippen LogP contribution in [0, 0.1) is 0 Å². The van der Waals surface area contributed by atoms with E-state index in [9.17, 15) is 13.5 Å². The van der Waals surface area contributed by atoms with E-state index in [0.29, 0.717) is 6.54 Å². The molecule has 0 spiro atoms. The fourth-order valence-corrected chi connectivity index (χ4v) is 3.64. The highest BCUT2D eigenvalue weighted by Gasteiger charge is 2.20. The average Bonchev–Trinajstić information content (AvgIpc) is 2.89. The molecule has 0 amide bonds. The van der Waals surface area contributed by atoms with Crippen LogP contribution >= 0.6 is 0 Å². The largest absolute Gasteiger partial charge is 0.508 e. The van der Waals surface area contributed by atoms with Gasteiger partial charge in [0.15, 0.2) is 0 Å². The molecule has 1 aromatic carbocycles. The number of benzene rings is 1. The van der Waals surface area contributed by atoms with Crippen LogP contribution in [0.5, 0.6) is 5.75 Å². The molecule has 0 bridgehead atoms. The lowest BCUT2D eigenvalue weighted by molar-refractivity contribution is 0.475. The molecule has 1 fully saturated rings. The SMILES string of the molecule is O=S(=O)(NCCCc1ccc(O)cc1)NC1CCCC1. The van der Waals surface area contributed by atoms with Crippen LogP contribution in [0.25, 0.3) is 0 Å². The molecule has 2 rings (SSSR count). The number of aromatic hydroxyl groups is 1. The zero-order valence-corrected chi connectivity index (χ0v) is 12.3. The second-order valence-corrected chi connectivity index (χ2v) is 6.80. The van der Waals surface area contributed by atoms with Crippen LogP contribution in [-0.2, 0) is 16.6 Å². The number of rotatable bonds is 7. The van der Waals surface area contributed by atoms with Crippen LogP contribution < -0.4 is 9.44 Å². The van der Waals surface area contributed by atoms with Gasteiger partial charge in [0.25, 0.3) is 10.2 Å². The van der Waals surface area contributed by atoms with Gasteiger partial charge in [-0.25, -0.2) is 4.72 Å². The molecule has 112 valence electrons. The zero-order chi connectivity index (χ0) is 14.4. The van der Waals surface area contributed by atoms with Crippen LogP contribution in [0.15, 0.2) is 24.3 Å². The molecule has 0 aromatic heterocycles. The smallest absolute Gasteiger partial charge is 0.277 e. The van der Waals surface area contributed by atoms with Crippen LogP contribution in [0.3, 0.4) is 0 Å². The topological polar surface area (TPSA) is 78.4 Å². The standard InChI is InChI=1S/C14H22N2O3S/c17-14-9-7-12(8-10-14)4-3-11-15-20(18,19)16-13-5-1-2-6-13/h7-10,13,15-17H,1-6,11H2. The summed E-state index contributed by atoms with van der Waals surface area (Å²) in [5.74, 6) is 0.246. The molecule has 0 atom stereocenters. The van der Waals surface area contributed by atoms with Gasteiger partial charge in [-0.1, -0.05) is 25.0 Å². The first kappa shape index (κ1) is 15.3. The molecule has 1 saturated carbocycles. The molecule has 0 radical (unpaired) electrons. The second-order valence-electron chi connectivity index (χ2n) is 5.27. The van der Waals surface area contributed by atoms with Gasteiger partial charge < -0.3 is 5.11 Å². The van der Waals surface area contributed by atoms with E-state index >= 15 is 0 Å². The maximum atomic E-state index is 11.8. The van der Waals surface area contributed by atoms with Crippen molar-refractivity contribution in [2.45, 2.75) is 44.6 Å². The van der Waals surface area contributed by atoms with Gasteiger partial charge >= 0.3 is 0 Å². The van der Waals surface area contributed by atoms with Crippen LogP contribution in [-0.4, -0.2) is 26.1 Å². The lowest BCUT2D eigenvalue weighted by Gasteiger charge is -2.13. The third-order valence-electron chi connectivity index (χ3n) is 3.55. The van der Waals surface area contributed by atoms with E-state index in [2.05, 4.69) is 9.44 Å². The Morgan fingerprint density at radius 2 is 1.80 bits per heavy atom. The molecule has 6 heteroatoms. The fraction of sp³-hybridized carbons (Fsp3) is 0.571. The monoisotopic (exact) mass is 298 g/mol. The Morgan fingerprint density at radius 3 is 2.45 bits per heavy atom. The van der Waals surface area contributed by atoms with Crippen molar-refractivity contribution in [3.63, 3.8) is 0 Å². The molecule has 3 N–H and O–H groups in total. The molecule has 20 heavy (non-hydrogen) atoms. The lowest BCUT2D eigenvalue weighted by atomic mass is 10.1. The Labute approximate surface area is 120 Å². The van der Waals surface area contributed by atoms with Crippen LogP contribution in [0.1, 0.15) is 37.7 Å². The fourth-order valence-electron chi connectivity index (χ4n) is 2.47. The molecule has 1 aliphatic carbocycles. The summed E-state index contributed by atoms with van der Waals surface area (Å²) < 4.78 is 28.8. The highest BCUT2D eigenvalue weighted by Crippen LogP contribution is 2.18. The molecule has 0 saturated heterocycles. The van der Waals surface area contributed by atoms with Crippen LogP contribution in [0.4, 0.5) is 0 Å². The van der Waals surface area contributed by atoms with E-state index in [1.807, 2.05) is 12.1 Å². The number of hydrogen-bond acceptors (Lipinski definition) is 3. The first-order chi connectivity index (χ1) is 9.55. The van der Waals surface area contributed by atoms with Crippen molar-refractivity contribution in [2.24, 2.45) is 0 Å². The molecular weight excluding hydrogens is 276 g/mol. The molecule has 1 aromatic rings. The molecular formula is C14H22N2O3S. The Bertz CT molecular complexity index is 508. The molecule has 5 nitrogen and oxygen atoms in total. The Kier molecular flexibility index (Phi) is 5.39. The van der Waals surface area contributed by atoms with E-state index < -0.39 is 10.2 Å². The van der Waals surface area contributed by atoms with E-state index in [0.717, 1.165) is 44.1 Å². The van der Waals surface area contributed by atoms with Crippen molar-refractivity contribution >= 4 is 10.2 Å². The summed E-state index contributed by atoms with van der Waals surface area (Å²) in [7, 11) is -3.37. The molecule has 0 aliphatic heterocycles. The molecule has 0 heterocycles. The Morgan fingerprint density at radius 1 is 1.15 bits per heavy atom. The first-order valence-electron chi connectivity index (χ1n) is 7.10. The van der Waals surface area contributed by atoms with Gasteiger partial charge in [0.1, 0.15) is 5.75 Å². The van der Waals surface area contributed by atoms with E-state index in [4.69, 9.17) is 0 Å². The number of aryl methyl sites for hydroxylation is 1. The summed E-state index contributed by atoms with van der Waals surface area (Å²) in [6.07, 6.45) is 5.60. The molecule has 0 unspecified atom stereocenters. The Hall–Kier alpha value is -1.11. The average molecular weight is 298 g/mol. The quantitative estimate of drug-likeness (QED) is 0.670. The van der Waals surface area contributed by atoms with Gasteiger partial charge in [-0.05, 0) is 43.4 Å². The van der Waals surface area contributed by atoms with Crippen molar-refractivity contribution in [1.29, 1.82) is 0 Å². The van der Waals surface area contributed by atoms with Gasteiger partial charge in [-0.2, -0.15) is 13.1 Å². The summed E-state index contributed by atoms with van der Waals surface area (Å²) in [4.78, 5) is 0. The highest BCUT2D eigenvalue weighted by atomic mass is 32.2. The normalized spacial score (nSPS) is 16.6. The minimum atomic E-state index is -3.37. The van der Waals surface area contributed by atoms with Gasteiger partial charge in [0, 0.05) is 12.6 Å². The number of phenols is 1. The van der Waals surface area contributed by atoms with Crippen molar-refractivity contribution in [3.8, 4) is 5.75 Å². The van der Waals surface area contributed by atoms with Crippen molar-refractivity contribution in [3.05, 3.63) is 29.8 Å². The van der Waals surface area contributed by atoms with Crippen LogP contribution in [0.2, 0.25) is 0 Å². The zero-order valence-electron chi connectivity index (χ0n) is 11.5. The number of phenolic OH excluding ortho intramolecular Hbond substituents is 1. The van der Waals surface area contributed by atoms with Gasteiger partial charge in [-0.15, -0.1) is 0 Å². The summed E-state index contributed by atoms with van der Waals surface area (Å²) in [5.41, 5.74) is 1.09. The van der Waals surface area contributed by atoms with Crippen molar-refractivity contribution in [2.75, 3.05) is 6.54 Å².